The molecule has 30 heavy (non-hydrogen) atoms. The number of aryl methyl sites for hydroxylation is 1. The van der Waals surface area contributed by atoms with Crippen molar-refractivity contribution < 1.29 is 9.18 Å². The summed E-state index contributed by atoms with van der Waals surface area (Å²) in [5.74, 6) is 1.44. The van der Waals surface area contributed by atoms with Crippen molar-refractivity contribution in [3.8, 4) is 5.82 Å². The normalized spacial score (nSPS) is 17.8. The quantitative estimate of drug-likeness (QED) is 0.666. The molecule has 0 unspecified atom stereocenters. The summed E-state index contributed by atoms with van der Waals surface area (Å²) in [5, 5.41) is 4.40. The smallest absolute Gasteiger partial charge is 0.233 e. The maximum atomic E-state index is 13.3. The van der Waals surface area contributed by atoms with Gasteiger partial charge in [-0.3, -0.25) is 4.79 Å². The summed E-state index contributed by atoms with van der Waals surface area (Å²) in [6.45, 7) is 4.64. The van der Waals surface area contributed by atoms with Crippen LogP contribution in [0.4, 0.5) is 10.2 Å². The number of rotatable bonds is 4. The standard InChI is InChI=1S/C22H23FN6O/c1-16-6-9-29(26-16)20-14-19(24-15-25-20)27-10-12-28(13-11-27)21(30)22(7-8-22)17-2-4-18(23)5-3-17/h2-6,9,14-15H,7-8,10-13H2,1H3. The van der Waals surface area contributed by atoms with Gasteiger partial charge >= 0.3 is 0 Å². The molecular formula is C22H23FN6O. The Hall–Kier alpha value is -3.29. The first-order chi connectivity index (χ1) is 14.5. The van der Waals surface area contributed by atoms with Crippen molar-refractivity contribution in [2.75, 3.05) is 31.1 Å². The predicted octanol–water partition coefficient (Wildman–Crippen LogP) is 2.49. The van der Waals surface area contributed by atoms with Crippen LogP contribution in [0.5, 0.6) is 0 Å². The number of hydrogen-bond donors (Lipinski definition) is 0. The fourth-order valence-corrected chi connectivity index (χ4v) is 4.14. The van der Waals surface area contributed by atoms with Gasteiger partial charge in [0, 0.05) is 38.4 Å². The van der Waals surface area contributed by atoms with E-state index in [1.54, 1.807) is 23.1 Å². The Morgan fingerprint density at radius 1 is 1.00 bits per heavy atom. The van der Waals surface area contributed by atoms with Gasteiger partial charge in [0.2, 0.25) is 5.91 Å². The molecule has 1 amide bonds. The second-order valence-corrected chi connectivity index (χ2v) is 8.00. The molecule has 3 heterocycles. The average Bonchev–Trinajstić information content (AvgIpc) is 3.48. The molecule has 2 aromatic heterocycles. The number of hydrogen-bond acceptors (Lipinski definition) is 5. The first-order valence-electron chi connectivity index (χ1n) is 10.2. The lowest BCUT2D eigenvalue weighted by atomic mass is 9.94. The van der Waals surface area contributed by atoms with Gasteiger partial charge in [0.25, 0.3) is 0 Å². The monoisotopic (exact) mass is 406 g/mol. The van der Waals surface area contributed by atoms with Crippen LogP contribution in [0.2, 0.25) is 0 Å². The molecule has 1 aliphatic carbocycles. The minimum absolute atomic E-state index is 0.157. The van der Waals surface area contributed by atoms with Gasteiger partial charge in [-0.15, -0.1) is 0 Å². The Balaban J connectivity index is 1.27. The van der Waals surface area contributed by atoms with Gasteiger partial charge < -0.3 is 9.80 Å². The lowest BCUT2D eigenvalue weighted by molar-refractivity contribution is -0.134. The van der Waals surface area contributed by atoms with Crippen molar-refractivity contribution in [1.82, 2.24) is 24.6 Å². The number of carbonyl (C=O) groups excluding carboxylic acids is 1. The molecule has 2 fully saturated rings. The van der Waals surface area contributed by atoms with Gasteiger partial charge in [0.05, 0.1) is 11.1 Å². The summed E-state index contributed by atoms with van der Waals surface area (Å²) < 4.78 is 15.0. The van der Waals surface area contributed by atoms with Gasteiger partial charge in [-0.25, -0.2) is 19.0 Å². The van der Waals surface area contributed by atoms with E-state index in [-0.39, 0.29) is 11.7 Å². The molecule has 0 bridgehead atoms. The summed E-state index contributed by atoms with van der Waals surface area (Å²) in [5.41, 5.74) is 1.39. The molecule has 1 saturated heterocycles. The number of halogens is 1. The third-order valence-electron chi connectivity index (χ3n) is 6.04. The van der Waals surface area contributed by atoms with Gasteiger partial charge in [0.1, 0.15) is 18.0 Å². The topological polar surface area (TPSA) is 67.2 Å². The molecule has 0 atom stereocenters. The van der Waals surface area contributed by atoms with E-state index in [1.165, 1.54) is 12.1 Å². The molecule has 1 saturated carbocycles. The SMILES string of the molecule is Cc1ccn(-c2cc(N3CCN(C(=O)C4(c5ccc(F)cc5)CC4)CC3)ncn2)n1. The summed E-state index contributed by atoms with van der Waals surface area (Å²) in [6.07, 6.45) is 5.09. The highest BCUT2D eigenvalue weighted by Crippen LogP contribution is 2.49. The van der Waals surface area contributed by atoms with Crippen LogP contribution in [0.25, 0.3) is 5.82 Å². The highest BCUT2D eigenvalue weighted by Gasteiger charge is 2.53. The molecule has 1 aromatic carbocycles. The van der Waals surface area contributed by atoms with Gasteiger partial charge in [0.15, 0.2) is 5.82 Å². The molecule has 5 rings (SSSR count). The molecule has 0 N–H and O–H groups in total. The minimum Gasteiger partial charge on any atom is -0.353 e. The molecule has 2 aliphatic rings. The van der Waals surface area contributed by atoms with E-state index in [1.807, 2.05) is 30.2 Å². The largest absolute Gasteiger partial charge is 0.353 e. The summed E-state index contributed by atoms with van der Waals surface area (Å²) in [6, 6.07) is 10.2. The van der Waals surface area contributed by atoms with Crippen LogP contribution in [-0.4, -0.2) is 56.7 Å². The summed E-state index contributed by atoms with van der Waals surface area (Å²) in [7, 11) is 0. The Morgan fingerprint density at radius 2 is 1.70 bits per heavy atom. The fraction of sp³-hybridized carbons (Fsp3) is 0.364. The zero-order valence-electron chi connectivity index (χ0n) is 16.8. The molecular weight excluding hydrogens is 383 g/mol. The number of amides is 1. The second-order valence-electron chi connectivity index (χ2n) is 8.00. The van der Waals surface area contributed by atoms with E-state index in [0.29, 0.717) is 26.2 Å². The van der Waals surface area contributed by atoms with Gasteiger partial charge in [-0.2, -0.15) is 5.10 Å². The van der Waals surface area contributed by atoms with Crippen LogP contribution in [0, 0.1) is 12.7 Å². The number of nitrogens with zero attached hydrogens (tertiary/aromatic N) is 6. The zero-order chi connectivity index (χ0) is 20.7. The van der Waals surface area contributed by atoms with E-state index in [0.717, 1.165) is 35.7 Å². The number of piperazine rings is 1. The number of benzene rings is 1. The Kier molecular flexibility index (Phi) is 4.49. The van der Waals surface area contributed by atoms with Crippen LogP contribution in [-0.2, 0) is 10.2 Å². The van der Waals surface area contributed by atoms with Crippen molar-refractivity contribution in [2.24, 2.45) is 0 Å². The molecule has 0 spiro atoms. The Bertz CT molecular complexity index is 1070. The zero-order valence-corrected chi connectivity index (χ0v) is 16.8. The van der Waals surface area contributed by atoms with Crippen molar-refractivity contribution in [3.05, 3.63) is 66.0 Å². The van der Waals surface area contributed by atoms with Crippen LogP contribution in [0.1, 0.15) is 24.1 Å². The van der Waals surface area contributed by atoms with E-state index >= 15 is 0 Å². The Labute approximate surface area is 174 Å². The van der Waals surface area contributed by atoms with Crippen molar-refractivity contribution >= 4 is 11.7 Å². The Morgan fingerprint density at radius 3 is 2.33 bits per heavy atom. The number of anilines is 1. The van der Waals surface area contributed by atoms with E-state index < -0.39 is 5.41 Å². The van der Waals surface area contributed by atoms with Crippen molar-refractivity contribution in [3.63, 3.8) is 0 Å². The second kappa shape index (κ2) is 7.19. The van der Waals surface area contributed by atoms with E-state index in [2.05, 4.69) is 20.0 Å². The van der Waals surface area contributed by atoms with Crippen LogP contribution in [0.3, 0.4) is 0 Å². The molecule has 8 heteroatoms. The summed E-state index contributed by atoms with van der Waals surface area (Å²) in [4.78, 5) is 26.1. The minimum atomic E-state index is -0.462. The average molecular weight is 406 g/mol. The van der Waals surface area contributed by atoms with Crippen molar-refractivity contribution in [2.45, 2.75) is 25.2 Å². The van der Waals surface area contributed by atoms with Gasteiger partial charge in [-0.1, -0.05) is 12.1 Å². The van der Waals surface area contributed by atoms with Crippen LogP contribution < -0.4 is 4.90 Å². The third kappa shape index (κ3) is 3.32. The third-order valence-corrected chi connectivity index (χ3v) is 6.04. The molecule has 3 aromatic rings. The van der Waals surface area contributed by atoms with Crippen LogP contribution in [0.15, 0.2) is 48.9 Å². The maximum Gasteiger partial charge on any atom is 0.233 e. The first kappa shape index (κ1) is 18.7. The number of carbonyl (C=O) groups is 1. The molecule has 1 aliphatic heterocycles. The fourth-order valence-electron chi connectivity index (χ4n) is 4.14. The summed E-state index contributed by atoms with van der Waals surface area (Å²) >= 11 is 0. The lowest BCUT2D eigenvalue weighted by Crippen LogP contribution is -2.51. The highest BCUT2D eigenvalue weighted by molar-refractivity contribution is 5.91. The van der Waals surface area contributed by atoms with Crippen LogP contribution >= 0.6 is 0 Å². The molecule has 0 radical (unpaired) electrons. The van der Waals surface area contributed by atoms with Crippen molar-refractivity contribution in [1.29, 1.82) is 0 Å². The predicted molar refractivity (Wildman–Crippen MR) is 110 cm³/mol. The molecule has 7 nitrogen and oxygen atoms in total. The lowest BCUT2D eigenvalue weighted by Gasteiger charge is -2.37. The number of aromatic nitrogens is 4. The molecule has 154 valence electrons. The maximum absolute atomic E-state index is 13.3. The van der Waals surface area contributed by atoms with E-state index in [4.69, 9.17) is 0 Å². The van der Waals surface area contributed by atoms with E-state index in [9.17, 15) is 9.18 Å². The highest BCUT2D eigenvalue weighted by atomic mass is 19.1. The van der Waals surface area contributed by atoms with Gasteiger partial charge in [-0.05, 0) is 43.5 Å². The first-order valence-corrected chi connectivity index (χ1v) is 10.2.